The third-order valence-electron chi connectivity index (χ3n) is 4.46. The van der Waals surface area contributed by atoms with Crippen molar-refractivity contribution < 1.29 is 18.6 Å². The maximum Gasteiger partial charge on any atom is 0.203 e. The van der Waals surface area contributed by atoms with Crippen molar-refractivity contribution in [3.05, 3.63) is 60.7 Å². The van der Waals surface area contributed by atoms with E-state index in [1.54, 1.807) is 68.6 Å². The monoisotopic (exact) mass is 394 g/mol. The van der Waals surface area contributed by atoms with Gasteiger partial charge in [-0.2, -0.15) is 5.10 Å². The van der Waals surface area contributed by atoms with E-state index in [2.05, 4.69) is 15.4 Å². The predicted octanol–water partition coefficient (Wildman–Crippen LogP) is 4.30. The van der Waals surface area contributed by atoms with Gasteiger partial charge in [0, 0.05) is 29.6 Å². The number of nitrogens with one attached hydrogen (secondary N) is 1. The summed E-state index contributed by atoms with van der Waals surface area (Å²) in [7, 11) is 4.68. The van der Waals surface area contributed by atoms with Gasteiger partial charge in [0.1, 0.15) is 11.6 Å². The van der Waals surface area contributed by atoms with Gasteiger partial charge >= 0.3 is 0 Å². The summed E-state index contributed by atoms with van der Waals surface area (Å²) in [5.74, 6) is 1.90. The zero-order valence-electron chi connectivity index (χ0n) is 16.1. The average molecular weight is 394 g/mol. The van der Waals surface area contributed by atoms with Crippen LogP contribution < -0.4 is 19.5 Å². The van der Waals surface area contributed by atoms with Crippen LogP contribution in [-0.4, -0.2) is 35.9 Å². The Hall–Kier alpha value is -3.81. The Bertz CT molecular complexity index is 1130. The molecule has 2 aromatic carbocycles. The fourth-order valence-electron chi connectivity index (χ4n) is 3.07. The Kier molecular flexibility index (Phi) is 4.90. The lowest BCUT2D eigenvalue weighted by atomic mass is 10.1. The van der Waals surface area contributed by atoms with Gasteiger partial charge < -0.3 is 19.5 Å². The van der Waals surface area contributed by atoms with Gasteiger partial charge in [0.25, 0.3) is 0 Å². The number of fused-ring (bicyclic) bond motifs is 1. The molecule has 1 N–H and O–H groups in total. The van der Waals surface area contributed by atoms with Crippen molar-refractivity contribution in [2.75, 3.05) is 26.6 Å². The Labute approximate surface area is 166 Å². The summed E-state index contributed by atoms with van der Waals surface area (Å²) in [5, 5.41) is 7.57. The highest BCUT2D eigenvalue weighted by atomic mass is 19.1. The van der Waals surface area contributed by atoms with Crippen molar-refractivity contribution in [3.8, 4) is 28.4 Å². The number of rotatable bonds is 6. The van der Waals surface area contributed by atoms with Crippen LogP contribution in [-0.2, 0) is 0 Å². The molecule has 0 radical (unpaired) electrons. The second-order valence-electron chi connectivity index (χ2n) is 6.19. The number of hydrogen-bond donors (Lipinski definition) is 1. The van der Waals surface area contributed by atoms with Crippen LogP contribution in [0.15, 0.2) is 54.9 Å². The molecule has 4 aromatic rings. The van der Waals surface area contributed by atoms with Gasteiger partial charge in [-0.25, -0.2) is 13.9 Å². The molecule has 0 atom stereocenters. The third kappa shape index (κ3) is 3.52. The number of methoxy groups -OCH3 is 3. The van der Waals surface area contributed by atoms with Crippen molar-refractivity contribution >= 4 is 17.2 Å². The predicted molar refractivity (Wildman–Crippen MR) is 108 cm³/mol. The van der Waals surface area contributed by atoms with Gasteiger partial charge in [0.15, 0.2) is 17.1 Å². The molecule has 0 unspecified atom stereocenters. The molecule has 0 aliphatic heterocycles. The van der Waals surface area contributed by atoms with E-state index in [9.17, 15) is 4.39 Å². The van der Waals surface area contributed by atoms with E-state index in [1.165, 1.54) is 12.1 Å². The number of nitrogens with zero attached hydrogens (tertiary/aromatic N) is 3. The van der Waals surface area contributed by atoms with E-state index in [1.807, 2.05) is 0 Å². The highest BCUT2D eigenvalue weighted by molar-refractivity contribution is 5.78. The fourth-order valence-corrected chi connectivity index (χ4v) is 3.07. The van der Waals surface area contributed by atoms with Crippen LogP contribution in [0.3, 0.4) is 0 Å². The van der Waals surface area contributed by atoms with E-state index < -0.39 is 0 Å². The number of anilines is 2. The summed E-state index contributed by atoms with van der Waals surface area (Å²) >= 11 is 0. The number of aromatic nitrogens is 3. The molecule has 0 bridgehead atoms. The molecule has 0 saturated carbocycles. The largest absolute Gasteiger partial charge is 0.493 e. The molecule has 2 aromatic heterocycles. The van der Waals surface area contributed by atoms with E-state index in [0.717, 1.165) is 16.8 Å². The molecule has 7 nitrogen and oxygen atoms in total. The summed E-state index contributed by atoms with van der Waals surface area (Å²) < 4.78 is 31.1. The fraction of sp³-hybridized carbons (Fsp3) is 0.143. The number of benzene rings is 2. The Morgan fingerprint density at radius 2 is 1.62 bits per heavy atom. The van der Waals surface area contributed by atoms with Crippen LogP contribution in [0.4, 0.5) is 15.9 Å². The lowest BCUT2D eigenvalue weighted by molar-refractivity contribution is 0.324. The van der Waals surface area contributed by atoms with Crippen LogP contribution in [0.1, 0.15) is 0 Å². The van der Waals surface area contributed by atoms with Gasteiger partial charge in [-0.3, -0.25) is 0 Å². The lowest BCUT2D eigenvalue weighted by Crippen LogP contribution is -2.00. The SMILES string of the molecule is COc1cc(Nc2ccn3ncc(-c4ccc(F)cc4)c3n2)cc(OC)c1OC. The number of halogens is 1. The van der Waals surface area contributed by atoms with E-state index in [4.69, 9.17) is 14.2 Å². The van der Waals surface area contributed by atoms with E-state index >= 15 is 0 Å². The number of hydrogen-bond acceptors (Lipinski definition) is 6. The lowest BCUT2D eigenvalue weighted by Gasteiger charge is -2.15. The van der Waals surface area contributed by atoms with Crippen LogP contribution in [0.25, 0.3) is 16.8 Å². The van der Waals surface area contributed by atoms with Crippen molar-refractivity contribution in [2.24, 2.45) is 0 Å². The van der Waals surface area contributed by atoms with Gasteiger partial charge in [0.2, 0.25) is 5.75 Å². The molecule has 2 heterocycles. The zero-order chi connectivity index (χ0) is 20.4. The first-order chi connectivity index (χ1) is 14.1. The van der Waals surface area contributed by atoms with Crippen LogP contribution in [0, 0.1) is 5.82 Å². The normalized spacial score (nSPS) is 10.8. The summed E-state index contributed by atoms with van der Waals surface area (Å²) in [6, 6.07) is 11.6. The molecular weight excluding hydrogens is 375 g/mol. The van der Waals surface area contributed by atoms with Crippen molar-refractivity contribution in [1.82, 2.24) is 14.6 Å². The first kappa shape index (κ1) is 18.5. The van der Waals surface area contributed by atoms with Gasteiger partial charge in [-0.15, -0.1) is 0 Å². The standard InChI is InChI=1S/C21H19FN4O3/c1-27-17-10-15(11-18(28-2)20(17)29-3)24-19-8-9-26-21(25-19)16(12-23-26)13-4-6-14(22)7-5-13/h4-12H,1-3H3,(H,24,25). The summed E-state index contributed by atoms with van der Waals surface area (Å²) in [5.41, 5.74) is 3.01. The first-order valence-electron chi connectivity index (χ1n) is 8.80. The first-order valence-corrected chi connectivity index (χ1v) is 8.80. The summed E-state index contributed by atoms with van der Waals surface area (Å²) in [4.78, 5) is 4.67. The second-order valence-corrected chi connectivity index (χ2v) is 6.19. The molecule has 4 rings (SSSR count). The Morgan fingerprint density at radius 1 is 0.931 bits per heavy atom. The second kappa shape index (κ2) is 7.67. The van der Waals surface area contributed by atoms with Crippen LogP contribution >= 0.6 is 0 Å². The third-order valence-corrected chi connectivity index (χ3v) is 4.46. The van der Waals surface area contributed by atoms with Crippen molar-refractivity contribution in [2.45, 2.75) is 0 Å². The Balaban J connectivity index is 1.72. The zero-order valence-corrected chi connectivity index (χ0v) is 16.1. The minimum Gasteiger partial charge on any atom is -0.493 e. The maximum atomic E-state index is 13.3. The van der Waals surface area contributed by atoms with Gasteiger partial charge in [0.05, 0.1) is 27.5 Å². The topological polar surface area (TPSA) is 69.9 Å². The molecule has 29 heavy (non-hydrogen) atoms. The highest BCUT2D eigenvalue weighted by Crippen LogP contribution is 2.40. The van der Waals surface area contributed by atoms with Crippen LogP contribution in [0.2, 0.25) is 0 Å². The quantitative estimate of drug-likeness (QED) is 0.526. The molecule has 148 valence electrons. The summed E-state index contributed by atoms with van der Waals surface area (Å²) in [6.07, 6.45) is 3.51. The molecule has 0 aliphatic rings. The molecule has 0 saturated heterocycles. The molecule has 0 aliphatic carbocycles. The molecule has 0 fully saturated rings. The number of ether oxygens (including phenoxy) is 3. The maximum absolute atomic E-state index is 13.3. The molecule has 8 heteroatoms. The van der Waals surface area contributed by atoms with E-state index in [0.29, 0.717) is 28.7 Å². The van der Waals surface area contributed by atoms with Gasteiger partial charge in [-0.1, -0.05) is 12.1 Å². The van der Waals surface area contributed by atoms with Crippen molar-refractivity contribution in [3.63, 3.8) is 0 Å². The highest BCUT2D eigenvalue weighted by Gasteiger charge is 2.14. The van der Waals surface area contributed by atoms with Crippen molar-refractivity contribution in [1.29, 1.82) is 0 Å². The van der Waals surface area contributed by atoms with Gasteiger partial charge in [-0.05, 0) is 23.8 Å². The average Bonchev–Trinajstić information content (AvgIpc) is 3.16. The van der Waals surface area contributed by atoms with E-state index in [-0.39, 0.29) is 5.82 Å². The minimum absolute atomic E-state index is 0.289. The molecule has 0 amide bonds. The minimum atomic E-state index is -0.289. The molecular formula is C21H19FN4O3. The Morgan fingerprint density at radius 3 is 2.24 bits per heavy atom. The molecule has 0 spiro atoms. The van der Waals surface area contributed by atoms with Crippen LogP contribution in [0.5, 0.6) is 17.2 Å². The summed E-state index contributed by atoms with van der Waals surface area (Å²) in [6.45, 7) is 0. The smallest absolute Gasteiger partial charge is 0.203 e.